The molecule has 0 unspecified atom stereocenters. The van der Waals surface area contributed by atoms with Gasteiger partial charge in [-0.1, -0.05) is 6.07 Å². The molecule has 0 spiro atoms. The lowest BCUT2D eigenvalue weighted by molar-refractivity contribution is -0.548. The molecule has 3 aromatic rings. The summed E-state index contributed by atoms with van der Waals surface area (Å²) < 4.78 is 5.83. The van der Waals surface area contributed by atoms with Crippen molar-refractivity contribution >= 4 is 46.1 Å². The number of ether oxygens (including phenoxy) is 1. The van der Waals surface area contributed by atoms with Gasteiger partial charge in [-0.3, -0.25) is 10.1 Å². The number of non-ortho nitro benzene ring substituents is 1. The Morgan fingerprint density at radius 2 is 2.00 bits per heavy atom. The van der Waals surface area contributed by atoms with E-state index in [1.54, 1.807) is 12.1 Å². The van der Waals surface area contributed by atoms with Crippen LogP contribution in [0.2, 0.25) is 0 Å². The largest absolute Gasteiger partial charge is 0.618 e. The van der Waals surface area contributed by atoms with E-state index in [0.29, 0.717) is 11.2 Å². The molecule has 0 aliphatic heterocycles. The molecule has 0 saturated carbocycles. The molecule has 28 heavy (non-hydrogen) atoms. The van der Waals surface area contributed by atoms with Gasteiger partial charge >= 0.3 is 5.97 Å². The first kappa shape index (κ1) is 21.3. The summed E-state index contributed by atoms with van der Waals surface area (Å²) >= 11 is 0. The maximum Gasteiger partial charge on any atom is 0.340 e. The fraction of sp³-hybridized carbons (Fsp3) is 0.278. The van der Waals surface area contributed by atoms with Crippen LogP contribution >= 0.6 is 12.4 Å². The summed E-state index contributed by atoms with van der Waals surface area (Å²) in [5, 5.41) is 23.6. The predicted octanol–water partition coefficient (Wildman–Crippen LogP) is 2.46. The molecule has 0 amide bonds. The van der Waals surface area contributed by atoms with Gasteiger partial charge in [0, 0.05) is 18.7 Å². The van der Waals surface area contributed by atoms with E-state index in [2.05, 4.69) is 4.98 Å². The van der Waals surface area contributed by atoms with Crippen molar-refractivity contribution in [3.63, 3.8) is 0 Å². The Bertz CT molecular complexity index is 1040. The highest BCUT2D eigenvalue weighted by molar-refractivity contribution is 6.02. The molecule has 3 rings (SSSR count). The first-order valence-electron chi connectivity index (χ1n) is 8.31. The molecule has 0 fully saturated rings. The molecule has 148 valence electrons. The van der Waals surface area contributed by atoms with Crippen LogP contribution in [-0.4, -0.2) is 48.0 Å². The third-order valence-electron chi connectivity index (χ3n) is 4.06. The second-order valence-electron chi connectivity index (χ2n) is 6.30. The molecule has 9 nitrogen and oxygen atoms in total. The van der Waals surface area contributed by atoms with Crippen molar-refractivity contribution in [1.82, 2.24) is 9.88 Å². The number of para-hydroxylation sites is 1. The van der Waals surface area contributed by atoms with Gasteiger partial charge in [-0.05, 0) is 32.6 Å². The Balaban J connectivity index is 0.00000280. The Labute approximate surface area is 166 Å². The Morgan fingerprint density at radius 3 is 2.68 bits per heavy atom. The number of benzene rings is 2. The molecule has 0 N–H and O–H groups in total. The fourth-order valence-corrected chi connectivity index (χ4v) is 2.73. The quantitative estimate of drug-likeness (QED) is 0.117. The molecule has 1 aromatic heterocycles. The molecule has 0 saturated heterocycles. The van der Waals surface area contributed by atoms with E-state index >= 15 is 0 Å². The first-order valence-corrected chi connectivity index (χ1v) is 8.31. The van der Waals surface area contributed by atoms with Gasteiger partial charge in [-0.2, -0.15) is 4.73 Å². The minimum Gasteiger partial charge on any atom is -0.618 e. The lowest BCUT2D eigenvalue weighted by Crippen LogP contribution is -2.29. The number of hydrogen-bond acceptors (Lipinski definition) is 7. The zero-order valence-corrected chi connectivity index (χ0v) is 16.1. The molecule has 10 heteroatoms. The first-order chi connectivity index (χ1) is 12.9. The van der Waals surface area contributed by atoms with Gasteiger partial charge in [-0.25, -0.2) is 9.78 Å². The zero-order valence-electron chi connectivity index (χ0n) is 15.3. The van der Waals surface area contributed by atoms with Gasteiger partial charge in [0.05, 0.1) is 23.2 Å². The van der Waals surface area contributed by atoms with E-state index in [1.807, 2.05) is 19.0 Å². The van der Waals surface area contributed by atoms with E-state index in [4.69, 9.17) is 4.74 Å². The molecule has 0 aliphatic rings. The zero-order chi connectivity index (χ0) is 19.6. The molecule has 0 radical (unpaired) electrons. The third kappa shape index (κ3) is 4.26. The lowest BCUT2D eigenvalue weighted by Gasteiger charge is -2.11. The van der Waals surface area contributed by atoms with Crippen molar-refractivity contribution in [2.75, 3.05) is 27.2 Å². The van der Waals surface area contributed by atoms with Crippen molar-refractivity contribution in [2.24, 2.45) is 0 Å². The highest BCUT2D eigenvalue weighted by Gasteiger charge is 2.21. The standard InChI is InChI=1S/C18H18N4O5.ClH/c1-20(2)9-4-10-27-18(23)13-5-3-6-15-17(13)19-14-8-7-12(22(25)26)11-16(14)21(15)24;/h3,5-8,11H,4,9-10H2,1-2H3;1H. The maximum atomic E-state index is 12.7. The summed E-state index contributed by atoms with van der Waals surface area (Å²) in [6.45, 7) is 1.04. The van der Waals surface area contributed by atoms with Crippen molar-refractivity contribution in [2.45, 2.75) is 6.42 Å². The molecule has 0 atom stereocenters. The summed E-state index contributed by atoms with van der Waals surface area (Å²) in [6, 6.07) is 8.43. The second kappa shape index (κ2) is 8.77. The van der Waals surface area contributed by atoms with Crippen LogP contribution in [0.25, 0.3) is 22.1 Å². The van der Waals surface area contributed by atoms with E-state index in [9.17, 15) is 20.1 Å². The average Bonchev–Trinajstić information content (AvgIpc) is 2.64. The predicted molar refractivity (Wildman–Crippen MR) is 106 cm³/mol. The van der Waals surface area contributed by atoms with Crippen molar-refractivity contribution < 1.29 is 19.2 Å². The number of nitro groups is 1. The van der Waals surface area contributed by atoms with Gasteiger partial charge in [-0.15, -0.1) is 12.4 Å². The Hall–Kier alpha value is -3.04. The van der Waals surface area contributed by atoms with Gasteiger partial charge < -0.3 is 14.8 Å². The highest BCUT2D eigenvalue weighted by atomic mass is 35.5. The number of aromatic nitrogens is 2. The number of carbonyl (C=O) groups excluding carboxylic acids is 1. The number of nitro benzene ring substituents is 1. The monoisotopic (exact) mass is 406 g/mol. The summed E-state index contributed by atoms with van der Waals surface area (Å²) in [5.41, 5.74) is 0.647. The van der Waals surface area contributed by atoms with Crippen LogP contribution < -0.4 is 4.73 Å². The van der Waals surface area contributed by atoms with Crippen LogP contribution in [0.5, 0.6) is 0 Å². The normalized spacial score (nSPS) is 10.8. The van der Waals surface area contributed by atoms with Crippen LogP contribution in [0.3, 0.4) is 0 Å². The minimum atomic E-state index is -0.578. The van der Waals surface area contributed by atoms with Crippen molar-refractivity contribution in [3.05, 3.63) is 57.3 Å². The number of esters is 1. The minimum absolute atomic E-state index is 0. The summed E-state index contributed by atoms with van der Waals surface area (Å²) in [5.74, 6) is -0.562. The summed E-state index contributed by atoms with van der Waals surface area (Å²) in [7, 11) is 3.86. The number of fused-ring (bicyclic) bond motifs is 2. The van der Waals surface area contributed by atoms with E-state index in [-0.39, 0.29) is 52.3 Å². The van der Waals surface area contributed by atoms with Gasteiger partial charge in [0.25, 0.3) is 5.69 Å². The topological polar surface area (TPSA) is 113 Å². The number of halogens is 1. The van der Waals surface area contributed by atoms with E-state index in [1.165, 1.54) is 24.3 Å². The van der Waals surface area contributed by atoms with Crippen LogP contribution in [0, 0.1) is 15.3 Å². The van der Waals surface area contributed by atoms with E-state index < -0.39 is 10.9 Å². The van der Waals surface area contributed by atoms with Crippen LogP contribution in [0.1, 0.15) is 16.8 Å². The molecular weight excluding hydrogens is 388 g/mol. The Morgan fingerprint density at radius 1 is 1.25 bits per heavy atom. The van der Waals surface area contributed by atoms with Crippen LogP contribution in [0.15, 0.2) is 36.4 Å². The van der Waals surface area contributed by atoms with Crippen LogP contribution in [0.4, 0.5) is 5.69 Å². The SMILES string of the molecule is CN(C)CCCOC(=O)c1cccc2c1nc1ccc([N+](=O)[O-])cc1[n+]2[O-].Cl. The fourth-order valence-electron chi connectivity index (χ4n) is 2.73. The summed E-state index contributed by atoms with van der Waals surface area (Å²) in [4.78, 5) is 29.1. The van der Waals surface area contributed by atoms with Crippen molar-refractivity contribution in [1.29, 1.82) is 0 Å². The smallest absolute Gasteiger partial charge is 0.340 e. The molecular formula is C18H19ClN4O5. The summed E-state index contributed by atoms with van der Waals surface area (Å²) in [6.07, 6.45) is 0.686. The van der Waals surface area contributed by atoms with Gasteiger partial charge in [0.1, 0.15) is 5.52 Å². The number of carbonyl (C=O) groups is 1. The van der Waals surface area contributed by atoms with E-state index in [0.717, 1.165) is 6.54 Å². The molecule has 2 aromatic carbocycles. The number of nitrogens with zero attached hydrogens (tertiary/aromatic N) is 4. The number of rotatable bonds is 6. The van der Waals surface area contributed by atoms with Gasteiger partial charge in [0.15, 0.2) is 5.52 Å². The maximum absolute atomic E-state index is 12.7. The highest BCUT2D eigenvalue weighted by Crippen LogP contribution is 2.22. The lowest BCUT2D eigenvalue weighted by atomic mass is 10.1. The third-order valence-corrected chi connectivity index (χ3v) is 4.06. The molecule has 0 aliphatic carbocycles. The average molecular weight is 407 g/mol. The number of hydrogen-bond donors (Lipinski definition) is 0. The Kier molecular flexibility index (Phi) is 6.66. The van der Waals surface area contributed by atoms with Gasteiger partial charge in [0.2, 0.25) is 11.0 Å². The van der Waals surface area contributed by atoms with Crippen molar-refractivity contribution in [3.8, 4) is 0 Å². The molecule has 1 heterocycles. The molecule has 0 bridgehead atoms. The van der Waals surface area contributed by atoms with Crippen LogP contribution in [-0.2, 0) is 4.74 Å². The second-order valence-corrected chi connectivity index (χ2v) is 6.30.